The van der Waals surface area contributed by atoms with Gasteiger partial charge in [-0.15, -0.1) is 0 Å². The number of allylic oxidation sites excluding steroid dienone is 1. The fourth-order valence-corrected chi connectivity index (χ4v) is 5.40. The van der Waals surface area contributed by atoms with Gasteiger partial charge < -0.3 is 25.0 Å². The Kier molecular flexibility index (Phi) is 8.94. The Balaban J connectivity index is 1.71. The molecule has 8 nitrogen and oxygen atoms in total. The predicted molar refractivity (Wildman–Crippen MR) is 169 cm³/mol. The van der Waals surface area contributed by atoms with E-state index in [1.54, 1.807) is 78.9 Å². The molecule has 1 aliphatic rings. The van der Waals surface area contributed by atoms with Gasteiger partial charge in [-0.1, -0.05) is 54.6 Å². The lowest BCUT2D eigenvalue weighted by Crippen LogP contribution is -2.34. The van der Waals surface area contributed by atoms with Crippen LogP contribution in [0.3, 0.4) is 0 Å². The molecule has 3 amide bonds. The topological polar surface area (TPSA) is 97.0 Å². The van der Waals surface area contributed by atoms with Crippen molar-refractivity contribution in [3.63, 3.8) is 0 Å². The number of fused-ring (bicyclic) bond motifs is 1. The number of likely N-dealkylation sites (N-methyl/N-ethyl adjacent to an activating group) is 1. The highest BCUT2D eigenvalue weighted by Gasteiger charge is 2.42. The summed E-state index contributed by atoms with van der Waals surface area (Å²) in [5.74, 6) is -4.55. The van der Waals surface area contributed by atoms with Crippen molar-refractivity contribution in [1.29, 1.82) is 0 Å². The third-order valence-corrected chi connectivity index (χ3v) is 7.54. The fraction of sp³-hybridized carbons (Fsp3) is 0.171. The van der Waals surface area contributed by atoms with E-state index in [1.165, 1.54) is 32.2 Å². The van der Waals surface area contributed by atoms with Crippen molar-refractivity contribution in [2.45, 2.75) is 12.3 Å². The van der Waals surface area contributed by atoms with E-state index in [9.17, 15) is 14.4 Å². The zero-order chi connectivity index (χ0) is 32.1. The summed E-state index contributed by atoms with van der Waals surface area (Å²) in [6.45, 7) is -0.358. The predicted octanol–water partition coefficient (Wildman–Crippen LogP) is 6.44. The van der Waals surface area contributed by atoms with Gasteiger partial charge in [0.05, 0.1) is 19.9 Å². The molecule has 2 N–H and O–H groups in total. The molecular weight excluding hydrogens is 580 g/mol. The molecule has 5 rings (SSSR count). The molecule has 45 heavy (non-hydrogen) atoms. The Labute approximate surface area is 259 Å². The number of anilines is 2. The van der Waals surface area contributed by atoms with E-state index < -0.39 is 35.6 Å². The number of ether oxygens (including phenoxy) is 2. The number of amides is 3. The zero-order valence-corrected chi connectivity index (χ0v) is 24.9. The number of para-hydroxylation sites is 3. The van der Waals surface area contributed by atoms with Gasteiger partial charge in [-0.25, -0.2) is 8.78 Å². The molecule has 0 saturated heterocycles. The van der Waals surface area contributed by atoms with Crippen LogP contribution in [-0.4, -0.2) is 51.5 Å². The van der Waals surface area contributed by atoms with Gasteiger partial charge >= 0.3 is 0 Å². The van der Waals surface area contributed by atoms with Crippen LogP contribution in [0.25, 0.3) is 16.7 Å². The number of methoxy groups -OCH3 is 2. The van der Waals surface area contributed by atoms with Crippen molar-refractivity contribution in [1.82, 2.24) is 5.32 Å². The van der Waals surface area contributed by atoms with Crippen molar-refractivity contribution < 1.29 is 32.6 Å². The minimum Gasteiger partial charge on any atom is -0.493 e. The van der Waals surface area contributed by atoms with E-state index in [0.29, 0.717) is 17.0 Å². The summed E-state index contributed by atoms with van der Waals surface area (Å²) >= 11 is 0. The summed E-state index contributed by atoms with van der Waals surface area (Å²) in [4.78, 5) is 41.8. The number of carbonyl (C=O) groups is 3. The van der Waals surface area contributed by atoms with Crippen LogP contribution in [0.5, 0.6) is 11.5 Å². The third kappa shape index (κ3) is 6.12. The molecule has 4 aromatic rings. The van der Waals surface area contributed by atoms with Crippen molar-refractivity contribution in [2.75, 3.05) is 38.0 Å². The van der Waals surface area contributed by atoms with Gasteiger partial charge in [0.1, 0.15) is 0 Å². The molecular formula is C35H31F2N3O5. The van der Waals surface area contributed by atoms with Crippen LogP contribution in [0, 0.1) is 0 Å². The minimum atomic E-state index is -3.41. The Hall–Kier alpha value is -5.51. The van der Waals surface area contributed by atoms with Gasteiger partial charge in [0.2, 0.25) is 5.91 Å². The van der Waals surface area contributed by atoms with E-state index in [1.807, 2.05) is 6.07 Å². The number of alkyl halides is 2. The second kappa shape index (κ2) is 13.0. The number of hydrogen-bond donors (Lipinski definition) is 2. The summed E-state index contributed by atoms with van der Waals surface area (Å²) in [7, 11) is 4.27. The molecule has 230 valence electrons. The lowest BCUT2D eigenvalue weighted by Gasteiger charge is -2.25. The molecule has 0 bridgehead atoms. The van der Waals surface area contributed by atoms with Gasteiger partial charge in [0.15, 0.2) is 11.5 Å². The van der Waals surface area contributed by atoms with Crippen LogP contribution >= 0.6 is 0 Å². The lowest BCUT2D eigenvalue weighted by atomic mass is 9.91. The van der Waals surface area contributed by atoms with E-state index in [2.05, 4.69) is 10.6 Å². The van der Waals surface area contributed by atoms with E-state index in [-0.39, 0.29) is 40.2 Å². The minimum absolute atomic E-state index is 0.0513. The quantitative estimate of drug-likeness (QED) is 0.235. The Bertz CT molecular complexity index is 1790. The maximum atomic E-state index is 15.6. The number of rotatable bonds is 7. The number of benzene rings is 4. The largest absolute Gasteiger partial charge is 0.493 e. The molecule has 0 aliphatic carbocycles. The van der Waals surface area contributed by atoms with Crippen LogP contribution in [-0.2, 0) is 4.79 Å². The van der Waals surface area contributed by atoms with E-state index in [0.717, 1.165) is 6.08 Å². The molecule has 1 heterocycles. The lowest BCUT2D eigenvalue weighted by molar-refractivity contribution is -0.116. The highest BCUT2D eigenvalue weighted by molar-refractivity contribution is 6.17. The zero-order valence-electron chi connectivity index (χ0n) is 24.9. The molecule has 0 atom stereocenters. The highest BCUT2D eigenvalue weighted by Crippen LogP contribution is 2.45. The maximum absolute atomic E-state index is 15.6. The first-order valence-electron chi connectivity index (χ1n) is 14.1. The average Bonchev–Trinajstić information content (AvgIpc) is 3.17. The van der Waals surface area contributed by atoms with Gasteiger partial charge in [-0.05, 0) is 36.4 Å². The first-order chi connectivity index (χ1) is 21.7. The second-order valence-corrected chi connectivity index (χ2v) is 10.2. The van der Waals surface area contributed by atoms with E-state index in [4.69, 9.17) is 9.47 Å². The highest BCUT2D eigenvalue weighted by atomic mass is 19.3. The smallest absolute Gasteiger partial charge is 0.275 e. The van der Waals surface area contributed by atoms with Gasteiger partial charge in [0.25, 0.3) is 17.7 Å². The van der Waals surface area contributed by atoms with Crippen LogP contribution in [0.2, 0.25) is 0 Å². The molecule has 1 aliphatic heterocycles. The first-order valence-corrected chi connectivity index (χ1v) is 14.1. The van der Waals surface area contributed by atoms with Crippen LogP contribution in [0.15, 0.2) is 97.1 Å². The van der Waals surface area contributed by atoms with Crippen molar-refractivity contribution in [3.8, 4) is 22.6 Å². The van der Waals surface area contributed by atoms with Crippen molar-refractivity contribution in [2.24, 2.45) is 0 Å². The normalized spacial score (nSPS) is 14.6. The molecule has 0 unspecified atom stereocenters. The third-order valence-electron chi connectivity index (χ3n) is 7.54. The molecule has 10 heteroatoms. The Morgan fingerprint density at radius 1 is 0.822 bits per heavy atom. The van der Waals surface area contributed by atoms with Crippen LogP contribution in [0.1, 0.15) is 32.7 Å². The van der Waals surface area contributed by atoms with Crippen molar-refractivity contribution >= 4 is 34.7 Å². The molecule has 0 radical (unpaired) electrons. The summed E-state index contributed by atoms with van der Waals surface area (Å²) in [6, 6.07) is 24.8. The SMILES string of the molecule is CNC(=O)C=C1c2ccccc2N(C(=O)c2cccc(C(=O)Nc3ccccc3)c2-c2cccc(OC)c2OC)CCC1(F)F. The van der Waals surface area contributed by atoms with Gasteiger partial charge in [-0.2, -0.15) is 0 Å². The molecule has 0 saturated carbocycles. The van der Waals surface area contributed by atoms with Crippen LogP contribution in [0.4, 0.5) is 20.2 Å². The Morgan fingerprint density at radius 3 is 2.20 bits per heavy atom. The van der Waals surface area contributed by atoms with Crippen LogP contribution < -0.4 is 25.0 Å². The maximum Gasteiger partial charge on any atom is 0.275 e. The summed E-state index contributed by atoms with van der Waals surface area (Å²) in [5, 5.41) is 5.22. The van der Waals surface area contributed by atoms with Gasteiger partial charge in [-0.3, -0.25) is 14.4 Å². The van der Waals surface area contributed by atoms with Crippen molar-refractivity contribution in [3.05, 3.63) is 114 Å². The summed E-state index contributed by atoms with van der Waals surface area (Å²) < 4.78 is 42.4. The number of hydrogen-bond acceptors (Lipinski definition) is 5. The number of carbonyl (C=O) groups excluding carboxylic acids is 3. The standard InChI is InChI=1S/C35H31F2N3O5/c1-38-30(41)21-27-23-13-7-8-17-28(23)40(20-19-35(27,36)37)34(43)26-16-9-15-25(33(42)39-22-11-5-4-6-12-22)31(26)24-14-10-18-29(44-2)32(24)45-3/h4-18,21H,19-20H2,1-3H3,(H,38,41)(H,39,42). The molecule has 4 aromatic carbocycles. The summed E-state index contributed by atoms with van der Waals surface area (Å²) in [5.41, 5.74) is 1.19. The van der Waals surface area contributed by atoms with Gasteiger partial charge in [0, 0.05) is 65.2 Å². The molecule has 0 spiro atoms. The summed E-state index contributed by atoms with van der Waals surface area (Å²) in [6.07, 6.45) is 0.135. The van der Waals surface area contributed by atoms with E-state index >= 15 is 8.78 Å². The first kappa shape index (κ1) is 30.9. The monoisotopic (exact) mass is 611 g/mol. The second-order valence-electron chi connectivity index (χ2n) is 10.2. The molecule has 0 fully saturated rings. The number of nitrogens with one attached hydrogen (secondary N) is 2. The Morgan fingerprint density at radius 2 is 1.49 bits per heavy atom. The number of nitrogens with zero attached hydrogens (tertiary/aromatic N) is 1. The average molecular weight is 612 g/mol. The fourth-order valence-electron chi connectivity index (χ4n) is 5.40. The number of halogens is 2. The molecule has 0 aromatic heterocycles.